The summed E-state index contributed by atoms with van der Waals surface area (Å²) in [6.07, 6.45) is 1.79. The van der Waals surface area contributed by atoms with E-state index in [2.05, 4.69) is 16.7 Å². The zero-order chi connectivity index (χ0) is 17.6. The van der Waals surface area contributed by atoms with Crippen LogP contribution in [0.25, 0.3) is 0 Å². The quantitative estimate of drug-likeness (QED) is 0.503. The fourth-order valence-corrected chi connectivity index (χ4v) is 3.24. The maximum atomic E-state index is 12.4. The van der Waals surface area contributed by atoms with Crippen molar-refractivity contribution in [2.24, 2.45) is 11.3 Å². The van der Waals surface area contributed by atoms with Gasteiger partial charge in [0, 0.05) is 45.8 Å². The van der Waals surface area contributed by atoms with E-state index >= 15 is 0 Å². The highest BCUT2D eigenvalue weighted by Gasteiger charge is 2.38. The minimum Gasteiger partial charge on any atom is -0.464 e. The molecule has 2 heterocycles. The summed E-state index contributed by atoms with van der Waals surface area (Å²) >= 11 is 0. The van der Waals surface area contributed by atoms with Crippen LogP contribution in [-0.4, -0.2) is 105 Å². The number of piperidine rings is 1. The third-order valence-electron chi connectivity index (χ3n) is 5.36. The van der Waals surface area contributed by atoms with Gasteiger partial charge in [-0.25, -0.2) is 5.01 Å². The summed E-state index contributed by atoms with van der Waals surface area (Å²) in [5.74, 6) is 5.77. The number of rotatable bonds is 7. The third kappa shape index (κ3) is 5.97. The predicted molar refractivity (Wildman–Crippen MR) is 95.5 cm³/mol. The molecule has 0 aromatic rings. The second-order valence-corrected chi connectivity index (χ2v) is 7.72. The van der Waals surface area contributed by atoms with Crippen LogP contribution in [0.4, 0.5) is 0 Å². The number of carbonyl (C=O) groups is 1. The maximum absolute atomic E-state index is 12.4. The highest BCUT2D eigenvalue weighted by Crippen LogP contribution is 2.32. The highest BCUT2D eigenvalue weighted by atomic mass is 16.5. The summed E-state index contributed by atoms with van der Waals surface area (Å²) in [4.78, 5) is 19.3. The number of likely N-dealkylation sites (N-methyl/N-ethyl adjacent to an activating group) is 1. The number of hydrogen-bond donors (Lipinski definition) is 1. The number of piperazine rings is 1. The van der Waals surface area contributed by atoms with Crippen molar-refractivity contribution in [1.82, 2.24) is 19.7 Å². The summed E-state index contributed by atoms with van der Waals surface area (Å²) in [5.41, 5.74) is -0.312. The lowest BCUT2D eigenvalue weighted by Crippen LogP contribution is -2.51. The SMILES string of the molecule is CN(C)CCOC(=O)C1(C)CCN(CCN2CCN(N)CC2)CC1. The van der Waals surface area contributed by atoms with Crippen LogP contribution >= 0.6 is 0 Å². The normalized spacial score (nSPS) is 23.5. The molecule has 0 aromatic carbocycles. The number of likely N-dealkylation sites (tertiary alicyclic amines) is 1. The van der Waals surface area contributed by atoms with Gasteiger partial charge in [0.2, 0.25) is 0 Å². The summed E-state index contributed by atoms with van der Waals surface area (Å²) < 4.78 is 5.47. The minimum absolute atomic E-state index is 0.0249. The van der Waals surface area contributed by atoms with Crippen molar-refractivity contribution < 1.29 is 9.53 Å². The topological polar surface area (TPSA) is 65.3 Å². The Kier molecular flexibility index (Phi) is 7.43. The number of carbonyl (C=O) groups excluding carboxylic acids is 1. The molecular formula is C17H35N5O2. The van der Waals surface area contributed by atoms with Crippen molar-refractivity contribution in [1.29, 1.82) is 0 Å². The molecule has 0 amide bonds. The van der Waals surface area contributed by atoms with Gasteiger partial charge in [0.05, 0.1) is 5.41 Å². The first-order valence-corrected chi connectivity index (χ1v) is 9.15. The molecule has 2 N–H and O–H groups in total. The van der Waals surface area contributed by atoms with E-state index in [1.54, 1.807) is 0 Å². The Morgan fingerprint density at radius 2 is 1.58 bits per heavy atom. The van der Waals surface area contributed by atoms with Crippen LogP contribution in [0.5, 0.6) is 0 Å². The van der Waals surface area contributed by atoms with E-state index in [1.165, 1.54) is 0 Å². The van der Waals surface area contributed by atoms with E-state index in [4.69, 9.17) is 10.6 Å². The van der Waals surface area contributed by atoms with Gasteiger partial charge < -0.3 is 14.5 Å². The van der Waals surface area contributed by atoms with Crippen LogP contribution in [0.15, 0.2) is 0 Å². The van der Waals surface area contributed by atoms with Crippen molar-refractivity contribution in [2.75, 3.05) is 79.6 Å². The Bertz CT molecular complexity index is 388. The molecule has 0 radical (unpaired) electrons. The van der Waals surface area contributed by atoms with Gasteiger partial charge in [-0.15, -0.1) is 0 Å². The zero-order valence-electron chi connectivity index (χ0n) is 15.7. The molecule has 7 nitrogen and oxygen atoms in total. The van der Waals surface area contributed by atoms with Crippen LogP contribution < -0.4 is 5.84 Å². The zero-order valence-corrected chi connectivity index (χ0v) is 15.7. The monoisotopic (exact) mass is 341 g/mol. The first-order chi connectivity index (χ1) is 11.4. The molecule has 2 fully saturated rings. The number of hydrazine groups is 1. The molecule has 0 spiro atoms. The van der Waals surface area contributed by atoms with Crippen LogP contribution in [-0.2, 0) is 9.53 Å². The third-order valence-corrected chi connectivity index (χ3v) is 5.36. The Morgan fingerprint density at radius 1 is 1.04 bits per heavy atom. The molecule has 2 rings (SSSR count). The number of nitrogens with two attached hydrogens (primary N) is 1. The van der Waals surface area contributed by atoms with E-state index in [0.29, 0.717) is 6.61 Å². The van der Waals surface area contributed by atoms with Crippen LogP contribution in [0.2, 0.25) is 0 Å². The average molecular weight is 342 g/mol. The van der Waals surface area contributed by atoms with Crippen LogP contribution in [0.1, 0.15) is 19.8 Å². The van der Waals surface area contributed by atoms with Gasteiger partial charge in [-0.1, -0.05) is 0 Å². The van der Waals surface area contributed by atoms with Crippen molar-refractivity contribution in [3.63, 3.8) is 0 Å². The Hall–Kier alpha value is -0.730. The molecule has 0 atom stereocenters. The fourth-order valence-electron chi connectivity index (χ4n) is 3.24. The first kappa shape index (κ1) is 19.6. The van der Waals surface area contributed by atoms with Gasteiger partial charge in [-0.2, -0.15) is 0 Å². The van der Waals surface area contributed by atoms with Crippen LogP contribution in [0, 0.1) is 5.41 Å². The lowest BCUT2D eigenvalue weighted by molar-refractivity contribution is -0.158. The molecule has 2 saturated heterocycles. The predicted octanol–water partition coefficient (Wildman–Crippen LogP) is -0.315. The van der Waals surface area contributed by atoms with Gasteiger partial charge in [-0.05, 0) is 47.0 Å². The molecule has 0 aliphatic carbocycles. The lowest BCUT2D eigenvalue weighted by atomic mass is 9.80. The minimum atomic E-state index is -0.312. The maximum Gasteiger partial charge on any atom is 0.311 e. The van der Waals surface area contributed by atoms with Gasteiger partial charge in [0.1, 0.15) is 6.61 Å². The number of ether oxygens (including phenoxy) is 1. The van der Waals surface area contributed by atoms with E-state index in [0.717, 1.165) is 71.7 Å². The van der Waals surface area contributed by atoms with Gasteiger partial charge >= 0.3 is 5.97 Å². The van der Waals surface area contributed by atoms with E-state index in [1.807, 2.05) is 24.0 Å². The van der Waals surface area contributed by atoms with E-state index in [9.17, 15) is 4.79 Å². The molecule has 7 heteroatoms. The Morgan fingerprint density at radius 3 is 2.12 bits per heavy atom. The lowest BCUT2D eigenvalue weighted by Gasteiger charge is -2.39. The van der Waals surface area contributed by atoms with Crippen molar-refractivity contribution in [3.8, 4) is 0 Å². The first-order valence-electron chi connectivity index (χ1n) is 9.15. The van der Waals surface area contributed by atoms with Crippen molar-refractivity contribution >= 4 is 5.97 Å². The molecular weight excluding hydrogens is 306 g/mol. The second kappa shape index (κ2) is 9.10. The van der Waals surface area contributed by atoms with E-state index in [-0.39, 0.29) is 11.4 Å². The van der Waals surface area contributed by atoms with E-state index < -0.39 is 0 Å². The van der Waals surface area contributed by atoms with Gasteiger partial charge in [0.25, 0.3) is 0 Å². The molecule has 0 saturated carbocycles. The summed E-state index contributed by atoms with van der Waals surface area (Å²) in [6.45, 7) is 11.5. The smallest absolute Gasteiger partial charge is 0.311 e. The Labute approximate surface area is 146 Å². The molecule has 2 aliphatic heterocycles. The fraction of sp³-hybridized carbons (Fsp3) is 0.941. The summed E-state index contributed by atoms with van der Waals surface area (Å²) in [6, 6.07) is 0. The molecule has 0 bridgehead atoms. The number of hydrogen-bond acceptors (Lipinski definition) is 7. The molecule has 2 aliphatic rings. The van der Waals surface area contributed by atoms with Crippen LogP contribution in [0.3, 0.4) is 0 Å². The highest BCUT2D eigenvalue weighted by molar-refractivity contribution is 5.76. The number of esters is 1. The second-order valence-electron chi connectivity index (χ2n) is 7.72. The van der Waals surface area contributed by atoms with Crippen molar-refractivity contribution in [3.05, 3.63) is 0 Å². The van der Waals surface area contributed by atoms with Crippen molar-refractivity contribution in [2.45, 2.75) is 19.8 Å². The standard InChI is InChI=1S/C17H35N5O2/c1-17(16(23)24-15-14-19(2)3)4-6-20(7-5-17)8-9-21-10-12-22(18)13-11-21/h4-15,18H2,1-3H3. The van der Waals surface area contributed by atoms with Gasteiger partial charge in [-0.3, -0.25) is 15.5 Å². The molecule has 0 aromatic heterocycles. The Balaban J connectivity index is 1.65. The largest absolute Gasteiger partial charge is 0.464 e. The summed E-state index contributed by atoms with van der Waals surface area (Å²) in [7, 11) is 3.98. The number of nitrogens with zero attached hydrogens (tertiary/aromatic N) is 4. The summed E-state index contributed by atoms with van der Waals surface area (Å²) in [5, 5.41) is 1.89. The molecule has 140 valence electrons. The average Bonchev–Trinajstić information content (AvgIpc) is 2.55. The molecule has 0 unspecified atom stereocenters. The molecule has 24 heavy (non-hydrogen) atoms. The van der Waals surface area contributed by atoms with Gasteiger partial charge in [0.15, 0.2) is 0 Å².